The molecule has 0 N–H and O–H groups in total. The number of carbonyl (C=O) groups is 1. The molecule has 9 heteroatoms. The molecule has 0 unspecified atom stereocenters. The van der Waals surface area contributed by atoms with Crippen LogP contribution in [0.3, 0.4) is 0 Å². The highest BCUT2D eigenvalue weighted by Crippen LogP contribution is 2.35. The first-order chi connectivity index (χ1) is 9.61. The molecule has 0 saturated heterocycles. The summed E-state index contributed by atoms with van der Waals surface area (Å²) in [5.74, 6) is -0.544. The Hall–Kier alpha value is -1.77. The van der Waals surface area contributed by atoms with Crippen LogP contribution in [-0.4, -0.2) is 40.6 Å². The molecule has 0 aliphatic heterocycles. The minimum atomic E-state index is -5.45. The molecule has 0 fully saturated rings. The van der Waals surface area contributed by atoms with Gasteiger partial charge in [0.1, 0.15) is 0 Å². The van der Waals surface area contributed by atoms with Crippen LogP contribution < -0.4 is 4.90 Å². The first-order valence-corrected chi connectivity index (χ1v) is 7.28. The number of para-hydroxylation sites is 1. The van der Waals surface area contributed by atoms with E-state index >= 15 is 0 Å². The van der Waals surface area contributed by atoms with E-state index in [0.717, 1.165) is 6.07 Å². The Morgan fingerprint density at radius 1 is 1.29 bits per heavy atom. The lowest BCUT2D eigenvalue weighted by atomic mass is 10.3. The molecule has 0 saturated carbocycles. The van der Waals surface area contributed by atoms with Gasteiger partial charge in [0.15, 0.2) is 0 Å². The molecule has 5 nitrogen and oxygen atoms in total. The number of carbonyl (C=O) groups excluding carboxylic acids is 1. The van der Waals surface area contributed by atoms with Gasteiger partial charge >= 0.3 is 11.5 Å². The van der Waals surface area contributed by atoms with Gasteiger partial charge in [-0.25, -0.2) is 8.42 Å². The van der Waals surface area contributed by atoms with Crippen LogP contribution in [-0.2, 0) is 19.4 Å². The van der Waals surface area contributed by atoms with Crippen LogP contribution in [0.5, 0.6) is 0 Å². The van der Waals surface area contributed by atoms with Crippen LogP contribution in [0.25, 0.3) is 0 Å². The molecule has 1 aromatic rings. The maximum atomic E-state index is 12.7. The minimum Gasteiger partial charge on any atom is -0.469 e. The van der Waals surface area contributed by atoms with Crippen LogP contribution >= 0.6 is 0 Å². The molecule has 21 heavy (non-hydrogen) atoms. The lowest BCUT2D eigenvalue weighted by molar-refractivity contribution is -0.140. The summed E-state index contributed by atoms with van der Waals surface area (Å²) in [6.45, 7) is 0.0249. The van der Waals surface area contributed by atoms with Crippen molar-refractivity contribution >= 4 is 21.5 Å². The number of ether oxygens (including phenoxy) is 1. The SMILES string of the molecule is COC(=O)CCN(C)c1ccccc1S(=O)(=O)C(F)(F)F. The maximum Gasteiger partial charge on any atom is 0.501 e. The quantitative estimate of drug-likeness (QED) is 0.775. The minimum absolute atomic E-state index is 0.0249. The number of esters is 1. The fourth-order valence-corrected chi connectivity index (χ4v) is 2.61. The molecule has 0 atom stereocenters. The van der Waals surface area contributed by atoms with Crippen molar-refractivity contribution in [3.05, 3.63) is 24.3 Å². The molecule has 0 aromatic heterocycles. The van der Waals surface area contributed by atoms with E-state index in [4.69, 9.17) is 0 Å². The van der Waals surface area contributed by atoms with Crippen molar-refractivity contribution < 1.29 is 31.1 Å². The summed E-state index contributed by atoms with van der Waals surface area (Å²) in [5.41, 5.74) is -5.51. The number of methoxy groups -OCH3 is 1. The van der Waals surface area contributed by atoms with Gasteiger partial charge in [-0.15, -0.1) is 0 Å². The molecular weight excluding hydrogens is 311 g/mol. The predicted molar refractivity (Wildman–Crippen MR) is 69.6 cm³/mol. The highest BCUT2D eigenvalue weighted by Gasteiger charge is 2.48. The molecule has 0 bridgehead atoms. The number of sulfone groups is 1. The van der Waals surface area contributed by atoms with Gasteiger partial charge in [-0.2, -0.15) is 13.2 Å². The maximum absolute atomic E-state index is 12.7. The summed E-state index contributed by atoms with van der Waals surface area (Å²) in [7, 11) is -2.87. The van der Waals surface area contributed by atoms with E-state index in [2.05, 4.69) is 4.74 Å². The molecule has 0 heterocycles. The Bertz CT molecular complexity index is 613. The average Bonchev–Trinajstić information content (AvgIpc) is 2.43. The summed E-state index contributed by atoms with van der Waals surface area (Å²) < 4.78 is 65.4. The zero-order valence-electron chi connectivity index (χ0n) is 11.3. The van der Waals surface area contributed by atoms with Gasteiger partial charge in [0.2, 0.25) is 0 Å². The van der Waals surface area contributed by atoms with Crippen LogP contribution in [0.4, 0.5) is 18.9 Å². The van der Waals surface area contributed by atoms with Gasteiger partial charge in [0, 0.05) is 13.6 Å². The van der Waals surface area contributed by atoms with Crippen molar-refractivity contribution in [3.63, 3.8) is 0 Å². The number of nitrogens with zero attached hydrogens (tertiary/aromatic N) is 1. The Morgan fingerprint density at radius 3 is 2.38 bits per heavy atom. The van der Waals surface area contributed by atoms with Crippen LogP contribution in [0.2, 0.25) is 0 Å². The summed E-state index contributed by atoms with van der Waals surface area (Å²) in [4.78, 5) is 11.5. The van der Waals surface area contributed by atoms with Gasteiger partial charge in [-0.05, 0) is 12.1 Å². The van der Waals surface area contributed by atoms with E-state index in [0.29, 0.717) is 0 Å². The molecule has 0 aliphatic carbocycles. The summed E-state index contributed by atoms with van der Waals surface area (Å²) in [5, 5.41) is 0. The van der Waals surface area contributed by atoms with Crippen molar-refractivity contribution in [2.45, 2.75) is 16.8 Å². The molecule has 0 amide bonds. The number of benzene rings is 1. The Balaban J connectivity index is 3.14. The number of rotatable bonds is 5. The zero-order valence-corrected chi connectivity index (χ0v) is 12.2. The molecule has 0 aliphatic rings. The monoisotopic (exact) mass is 325 g/mol. The Kier molecular flexibility index (Phi) is 5.21. The van der Waals surface area contributed by atoms with E-state index in [-0.39, 0.29) is 18.7 Å². The zero-order chi connectivity index (χ0) is 16.3. The van der Waals surface area contributed by atoms with Crippen LogP contribution in [0, 0.1) is 0 Å². The fraction of sp³-hybridized carbons (Fsp3) is 0.417. The van der Waals surface area contributed by atoms with E-state index in [1.807, 2.05) is 0 Å². The number of alkyl halides is 3. The first-order valence-electron chi connectivity index (χ1n) is 5.79. The summed E-state index contributed by atoms with van der Waals surface area (Å²) in [6.07, 6.45) is -0.0760. The fourth-order valence-electron chi connectivity index (χ4n) is 1.61. The standard InChI is InChI=1S/C12H14F3NO4S/c1-16(8-7-11(17)20-2)9-5-3-4-6-10(9)21(18,19)12(13,14)15/h3-6H,7-8H2,1-2H3. The van der Waals surface area contributed by atoms with E-state index in [1.165, 1.54) is 37.3 Å². The first kappa shape index (κ1) is 17.3. The topological polar surface area (TPSA) is 63.7 Å². The molecular formula is C12H14F3NO4S. The summed E-state index contributed by atoms with van der Waals surface area (Å²) >= 11 is 0. The van der Waals surface area contributed by atoms with Crippen LogP contribution in [0.1, 0.15) is 6.42 Å². The van der Waals surface area contributed by atoms with Crippen molar-refractivity contribution in [2.75, 3.05) is 25.6 Å². The lowest BCUT2D eigenvalue weighted by Gasteiger charge is -2.22. The third-order valence-corrected chi connectivity index (χ3v) is 4.28. The van der Waals surface area contributed by atoms with Gasteiger partial charge in [0.05, 0.1) is 24.1 Å². The van der Waals surface area contributed by atoms with Crippen molar-refractivity contribution in [2.24, 2.45) is 0 Å². The third-order valence-electron chi connectivity index (χ3n) is 2.75. The predicted octanol–water partition coefficient (Wildman–Crippen LogP) is 1.98. The van der Waals surface area contributed by atoms with E-state index in [1.54, 1.807) is 0 Å². The number of anilines is 1. The second-order valence-electron chi connectivity index (χ2n) is 4.16. The van der Waals surface area contributed by atoms with Gasteiger partial charge in [-0.3, -0.25) is 4.79 Å². The molecule has 118 valence electrons. The highest BCUT2D eigenvalue weighted by atomic mass is 32.2. The number of hydrogen-bond donors (Lipinski definition) is 0. The average molecular weight is 325 g/mol. The van der Waals surface area contributed by atoms with Crippen molar-refractivity contribution in [1.29, 1.82) is 0 Å². The summed E-state index contributed by atoms with van der Waals surface area (Å²) in [6, 6.07) is 4.75. The van der Waals surface area contributed by atoms with E-state index < -0.39 is 26.2 Å². The second kappa shape index (κ2) is 6.33. The Labute approximate surface area is 120 Å². The number of hydrogen-bond acceptors (Lipinski definition) is 5. The largest absolute Gasteiger partial charge is 0.501 e. The number of halogens is 3. The van der Waals surface area contributed by atoms with E-state index in [9.17, 15) is 26.4 Å². The smallest absolute Gasteiger partial charge is 0.469 e. The molecule has 0 spiro atoms. The van der Waals surface area contributed by atoms with Gasteiger partial charge in [0.25, 0.3) is 9.84 Å². The van der Waals surface area contributed by atoms with Gasteiger partial charge < -0.3 is 9.64 Å². The molecule has 1 rings (SSSR count). The third kappa shape index (κ3) is 3.87. The molecule has 0 radical (unpaired) electrons. The van der Waals surface area contributed by atoms with Crippen LogP contribution in [0.15, 0.2) is 29.2 Å². The highest BCUT2D eigenvalue weighted by molar-refractivity contribution is 7.92. The second-order valence-corrected chi connectivity index (χ2v) is 6.07. The lowest BCUT2D eigenvalue weighted by Crippen LogP contribution is -2.28. The normalized spacial score (nSPS) is 12.0. The molecule has 1 aromatic carbocycles. The van der Waals surface area contributed by atoms with Gasteiger partial charge in [-0.1, -0.05) is 12.1 Å². The van der Waals surface area contributed by atoms with Crippen molar-refractivity contribution in [1.82, 2.24) is 0 Å². The van der Waals surface area contributed by atoms with Crippen molar-refractivity contribution in [3.8, 4) is 0 Å². The Morgan fingerprint density at radius 2 is 1.86 bits per heavy atom.